The van der Waals surface area contributed by atoms with Crippen molar-refractivity contribution in [1.82, 2.24) is 9.97 Å². The van der Waals surface area contributed by atoms with Gasteiger partial charge in [-0.1, -0.05) is 30.3 Å². The van der Waals surface area contributed by atoms with Gasteiger partial charge in [0.2, 0.25) is 5.95 Å². The lowest BCUT2D eigenvalue weighted by Crippen LogP contribution is -2.17. The van der Waals surface area contributed by atoms with Crippen molar-refractivity contribution in [3.63, 3.8) is 0 Å². The van der Waals surface area contributed by atoms with Gasteiger partial charge in [0, 0.05) is 23.4 Å². The molecule has 0 radical (unpaired) electrons. The number of hydrogen-bond donors (Lipinski definition) is 2. The fraction of sp³-hybridized carbons (Fsp3) is 0.238. The molecule has 29 heavy (non-hydrogen) atoms. The summed E-state index contributed by atoms with van der Waals surface area (Å²) in [6.45, 7) is 5.66. The van der Waals surface area contributed by atoms with Crippen LogP contribution < -0.4 is 15.4 Å². The summed E-state index contributed by atoms with van der Waals surface area (Å²) in [7, 11) is 0. The van der Waals surface area contributed by atoms with Gasteiger partial charge in [-0.15, -0.1) is 13.2 Å². The van der Waals surface area contributed by atoms with E-state index < -0.39 is 6.36 Å². The number of alkyl halides is 3. The lowest BCUT2D eigenvalue weighted by molar-refractivity contribution is -0.274. The van der Waals surface area contributed by atoms with Crippen molar-refractivity contribution in [3.8, 4) is 17.0 Å². The molecule has 2 N–H and O–H groups in total. The molecule has 0 spiro atoms. The Labute approximate surface area is 167 Å². The number of aromatic nitrogens is 2. The summed E-state index contributed by atoms with van der Waals surface area (Å²) in [6, 6.07) is 15.7. The van der Waals surface area contributed by atoms with Gasteiger partial charge in [0.15, 0.2) is 0 Å². The molecule has 0 aliphatic heterocycles. The van der Waals surface area contributed by atoms with Crippen molar-refractivity contribution in [2.75, 3.05) is 10.6 Å². The third-order valence-corrected chi connectivity index (χ3v) is 3.91. The van der Waals surface area contributed by atoms with E-state index in [1.165, 1.54) is 18.2 Å². The number of nitrogens with one attached hydrogen (secondary N) is 2. The van der Waals surface area contributed by atoms with Gasteiger partial charge in [0.05, 0.1) is 5.69 Å². The summed E-state index contributed by atoms with van der Waals surface area (Å²) >= 11 is 0. The SMILES string of the molecule is Cc1cc(OC(F)(F)F)ccc1Nc1cc(-c2ccccc2)nc(NC(C)C)n1. The predicted octanol–water partition coefficient (Wildman–Crippen LogP) is 5.91. The number of anilines is 3. The highest BCUT2D eigenvalue weighted by Crippen LogP contribution is 2.29. The van der Waals surface area contributed by atoms with Crippen LogP contribution >= 0.6 is 0 Å². The van der Waals surface area contributed by atoms with Crippen LogP contribution in [0.15, 0.2) is 54.6 Å². The van der Waals surface area contributed by atoms with Crippen molar-refractivity contribution in [2.45, 2.75) is 33.2 Å². The van der Waals surface area contributed by atoms with Crippen LogP contribution in [-0.4, -0.2) is 22.4 Å². The summed E-state index contributed by atoms with van der Waals surface area (Å²) in [6.07, 6.45) is -4.73. The smallest absolute Gasteiger partial charge is 0.406 e. The maximum Gasteiger partial charge on any atom is 0.573 e. The quantitative estimate of drug-likeness (QED) is 0.536. The van der Waals surface area contributed by atoms with Crippen LogP contribution in [0.4, 0.5) is 30.6 Å². The molecule has 8 heteroatoms. The fourth-order valence-corrected chi connectivity index (χ4v) is 2.70. The van der Waals surface area contributed by atoms with E-state index in [-0.39, 0.29) is 11.8 Å². The molecular weight excluding hydrogens is 381 g/mol. The minimum atomic E-state index is -4.73. The van der Waals surface area contributed by atoms with Gasteiger partial charge in [-0.2, -0.15) is 4.98 Å². The Morgan fingerprint density at radius 2 is 1.69 bits per heavy atom. The van der Waals surface area contributed by atoms with Crippen LogP contribution in [0.2, 0.25) is 0 Å². The first-order valence-electron chi connectivity index (χ1n) is 9.04. The van der Waals surface area contributed by atoms with Gasteiger partial charge >= 0.3 is 6.36 Å². The minimum absolute atomic E-state index is 0.134. The first-order chi connectivity index (χ1) is 13.7. The van der Waals surface area contributed by atoms with Crippen LogP contribution in [0.25, 0.3) is 11.3 Å². The van der Waals surface area contributed by atoms with E-state index >= 15 is 0 Å². The molecule has 0 atom stereocenters. The van der Waals surface area contributed by atoms with Gasteiger partial charge in [0.25, 0.3) is 0 Å². The largest absolute Gasteiger partial charge is 0.573 e. The van der Waals surface area contributed by atoms with Crippen molar-refractivity contribution in [3.05, 3.63) is 60.2 Å². The van der Waals surface area contributed by atoms with E-state index in [1.807, 2.05) is 44.2 Å². The summed E-state index contributed by atoms with van der Waals surface area (Å²) in [5.74, 6) is 0.712. The Morgan fingerprint density at radius 3 is 2.31 bits per heavy atom. The molecule has 0 saturated carbocycles. The molecule has 3 aromatic rings. The van der Waals surface area contributed by atoms with Crippen LogP contribution in [0.3, 0.4) is 0 Å². The number of aryl methyl sites for hydroxylation is 1. The standard InChI is InChI=1S/C21H21F3N4O/c1-13(2)25-20-27-18(15-7-5-4-6-8-15)12-19(28-20)26-17-10-9-16(11-14(17)3)29-21(22,23)24/h4-13H,1-3H3,(H2,25,26,27,28). The summed E-state index contributed by atoms with van der Waals surface area (Å²) in [4.78, 5) is 9.03. The van der Waals surface area contributed by atoms with E-state index in [4.69, 9.17) is 0 Å². The molecule has 0 bridgehead atoms. The Balaban J connectivity index is 1.92. The van der Waals surface area contributed by atoms with Crippen LogP contribution in [0.5, 0.6) is 5.75 Å². The van der Waals surface area contributed by atoms with E-state index in [0.29, 0.717) is 23.0 Å². The van der Waals surface area contributed by atoms with Crippen molar-refractivity contribution >= 4 is 17.5 Å². The monoisotopic (exact) mass is 402 g/mol. The number of benzene rings is 2. The summed E-state index contributed by atoms with van der Waals surface area (Å²) in [5, 5.41) is 6.34. The van der Waals surface area contributed by atoms with Gasteiger partial charge in [-0.05, 0) is 44.5 Å². The molecule has 0 saturated heterocycles. The van der Waals surface area contributed by atoms with Crippen molar-refractivity contribution in [2.24, 2.45) is 0 Å². The second-order valence-corrected chi connectivity index (χ2v) is 6.78. The number of rotatable bonds is 6. The summed E-state index contributed by atoms with van der Waals surface area (Å²) < 4.78 is 41.2. The molecule has 152 valence electrons. The molecule has 0 amide bonds. The highest BCUT2D eigenvalue weighted by Gasteiger charge is 2.31. The van der Waals surface area contributed by atoms with Gasteiger partial charge < -0.3 is 15.4 Å². The Bertz CT molecular complexity index is 975. The lowest BCUT2D eigenvalue weighted by atomic mass is 10.1. The predicted molar refractivity (Wildman–Crippen MR) is 107 cm³/mol. The zero-order valence-corrected chi connectivity index (χ0v) is 16.2. The second-order valence-electron chi connectivity index (χ2n) is 6.78. The van der Waals surface area contributed by atoms with E-state index in [1.54, 1.807) is 13.0 Å². The fourth-order valence-electron chi connectivity index (χ4n) is 2.70. The maximum atomic E-state index is 12.4. The van der Waals surface area contributed by atoms with E-state index in [0.717, 1.165) is 11.3 Å². The minimum Gasteiger partial charge on any atom is -0.406 e. The average Bonchev–Trinajstić information content (AvgIpc) is 2.63. The van der Waals surface area contributed by atoms with Crippen LogP contribution in [0, 0.1) is 6.92 Å². The maximum absolute atomic E-state index is 12.4. The zero-order chi connectivity index (χ0) is 21.0. The molecule has 0 fully saturated rings. The first-order valence-corrected chi connectivity index (χ1v) is 9.04. The first kappa shape index (κ1) is 20.4. The zero-order valence-electron chi connectivity index (χ0n) is 16.2. The Hall–Kier alpha value is -3.29. The number of ether oxygens (including phenoxy) is 1. The molecular formula is C21H21F3N4O. The third-order valence-electron chi connectivity index (χ3n) is 3.91. The Kier molecular flexibility index (Phi) is 5.91. The normalized spacial score (nSPS) is 11.4. The molecule has 3 rings (SSSR count). The molecule has 5 nitrogen and oxygen atoms in total. The van der Waals surface area contributed by atoms with Gasteiger partial charge in [-0.25, -0.2) is 4.98 Å². The highest BCUT2D eigenvalue weighted by molar-refractivity contribution is 5.69. The number of nitrogens with zero attached hydrogens (tertiary/aromatic N) is 2. The van der Waals surface area contributed by atoms with Crippen LogP contribution in [0.1, 0.15) is 19.4 Å². The second kappa shape index (κ2) is 8.38. The van der Waals surface area contributed by atoms with E-state index in [9.17, 15) is 13.2 Å². The number of hydrogen-bond acceptors (Lipinski definition) is 5. The highest BCUT2D eigenvalue weighted by atomic mass is 19.4. The molecule has 0 unspecified atom stereocenters. The molecule has 1 heterocycles. The molecule has 2 aromatic carbocycles. The molecule has 1 aromatic heterocycles. The molecule has 0 aliphatic carbocycles. The van der Waals surface area contributed by atoms with Crippen LogP contribution in [-0.2, 0) is 0 Å². The van der Waals surface area contributed by atoms with Gasteiger partial charge in [0.1, 0.15) is 11.6 Å². The van der Waals surface area contributed by atoms with Crippen molar-refractivity contribution in [1.29, 1.82) is 0 Å². The topological polar surface area (TPSA) is 59.1 Å². The molecule has 0 aliphatic rings. The summed E-state index contributed by atoms with van der Waals surface area (Å²) in [5.41, 5.74) is 2.86. The van der Waals surface area contributed by atoms with Gasteiger partial charge in [-0.3, -0.25) is 0 Å². The van der Waals surface area contributed by atoms with E-state index in [2.05, 4.69) is 25.3 Å². The number of halogens is 3. The average molecular weight is 402 g/mol. The van der Waals surface area contributed by atoms with Crippen molar-refractivity contribution < 1.29 is 17.9 Å². The lowest BCUT2D eigenvalue weighted by Gasteiger charge is -2.15. The Morgan fingerprint density at radius 1 is 0.966 bits per heavy atom. The third kappa shape index (κ3) is 5.84.